The van der Waals surface area contributed by atoms with Gasteiger partial charge < -0.3 is 5.32 Å². The van der Waals surface area contributed by atoms with Crippen molar-refractivity contribution in [2.75, 3.05) is 5.32 Å². The van der Waals surface area contributed by atoms with Crippen molar-refractivity contribution in [2.24, 2.45) is 5.92 Å². The van der Waals surface area contributed by atoms with Crippen LogP contribution < -0.4 is 5.32 Å². The molecule has 2 nitrogen and oxygen atoms in total. The van der Waals surface area contributed by atoms with Gasteiger partial charge in [-0.1, -0.05) is 54.0 Å². The average Bonchev–Trinajstić information content (AvgIpc) is 2.50. The molecule has 2 aromatic carbocycles. The van der Waals surface area contributed by atoms with E-state index in [1.165, 1.54) is 5.56 Å². The summed E-state index contributed by atoms with van der Waals surface area (Å²) in [5.74, 6) is 0.484. The second kappa shape index (κ2) is 7.78. The molecule has 0 bridgehead atoms. The van der Waals surface area contributed by atoms with Crippen molar-refractivity contribution in [1.29, 1.82) is 0 Å². The summed E-state index contributed by atoms with van der Waals surface area (Å²) >= 11 is 3.47. The van der Waals surface area contributed by atoms with E-state index in [0.29, 0.717) is 5.92 Å². The van der Waals surface area contributed by atoms with Crippen LogP contribution in [0.15, 0.2) is 46.9 Å². The van der Waals surface area contributed by atoms with Gasteiger partial charge in [0.15, 0.2) is 0 Å². The summed E-state index contributed by atoms with van der Waals surface area (Å²) in [5, 5.41) is 3.00. The second-order valence-electron chi connectivity index (χ2n) is 6.51. The molecule has 2 rings (SSSR count). The van der Waals surface area contributed by atoms with Gasteiger partial charge in [-0.15, -0.1) is 0 Å². The van der Waals surface area contributed by atoms with Crippen LogP contribution >= 0.6 is 15.9 Å². The molecule has 1 atom stereocenters. The number of nitrogens with one attached hydrogen (secondary N) is 1. The Labute approximate surface area is 147 Å². The predicted octanol–water partition coefficient (Wildman–Crippen LogP) is 5.70. The van der Waals surface area contributed by atoms with Crippen LogP contribution in [0, 0.1) is 12.8 Å². The van der Waals surface area contributed by atoms with Crippen LogP contribution in [0.5, 0.6) is 0 Å². The van der Waals surface area contributed by atoms with Crippen molar-refractivity contribution in [2.45, 2.75) is 40.0 Å². The molecule has 3 heteroatoms. The normalized spacial score (nSPS) is 12.3. The Morgan fingerprint density at radius 2 is 1.74 bits per heavy atom. The summed E-state index contributed by atoms with van der Waals surface area (Å²) in [6, 6.07) is 14.2. The fourth-order valence-corrected chi connectivity index (χ4v) is 2.78. The van der Waals surface area contributed by atoms with E-state index >= 15 is 0 Å². The number of amides is 1. The van der Waals surface area contributed by atoms with Gasteiger partial charge in [0.25, 0.3) is 0 Å². The Kier molecular flexibility index (Phi) is 6.00. The molecule has 0 aromatic heterocycles. The van der Waals surface area contributed by atoms with E-state index in [9.17, 15) is 4.79 Å². The monoisotopic (exact) mass is 373 g/mol. The predicted molar refractivity (Wildman–Crippen MR) is 101 cm³/mol. The smallest absolute Gasteiger partial charge is 0.231 e. The highest BCUT2D eigenvalue weighted by atomic mass is 79.9. The van der Waals surface area contributed by atoms with Gasteiger partial charge in [0.05, 0.1) is 5.92 Å². The first-order chi connectivity index (χ1) is 10.9. The van der Waals surface area contributed by atoms with Crippen molar-refractivity contribution >= 4 is 27.5 Å². The van der Waals surface area contributed by atoms with E-state index in [1.807, 2.05) is 32.0 Å². The molecule has 0 aliphatic rings. The highest BCUT2D eigenvalue weighted by molar-refractivity contribution is 9.10. The summed E-state index contributed by atoms with van der Waals surface area (Å²) in [7, 11) is 0. The molecule has 0 aliphatic carbocycles. The lowest BCUT2D eigenvalue weighted by Crippen LogP contribution is -2.19. The minimum absolute atomic E-state index is 0.0170. The highest BCUT2D eigenvalue weighted by Gasteiger charge is 2.15. The van der Waals surface area contributed by atoms with Crippen LogP contribution in [0.25, 0.3) is 0 Å². The maximum Gasteiger partial charge on any atom is 0.231 e. The molecular formula is C20H24BrNO. The molecule has 0 radical (unpaired) electrons. The SMILES string of the molecule is Cc1cc(NC(=O)[C@H](C)c2ccc(CC(C)C)cc2)ccc1Br. The topological polar surface area (TPSA) is 29.1 Å². The Bertz CT molecular complexity index is 677. The van der Waals surface area contributed by atoms with Crippen molar-refractivity contribution in [1.82, 2.24) is 0 Å². The third-order valence-electron chi connectivity index (χ3n) is 3.94. The number of hydrogen-bond acceptors (Lipinski definition) is 1. The quantitative estimate of drug-likeness (QED) is 0.715. The van der Waals surface area contributed by atoms with Crippen molar-refractivity contribution in [3.8, 4) is 0 Å². The molecule has 0 heterocycles. The van der Waals surface area contributed by atoms with Crippen LogP contribution in [0.3, 0.4) is 0 Å². The number of halogens is 1. The number of anilines is 1. The Hall–Kier alpha value is -1.61. The molecule has 122 valence electrons. The summed E-state index contributed by atoms with van der Waals surface area (Å²) in [6.45, 7) is 8.38. The zero-order valence-corrected chi connectivity index (χ0v) is 15.8. The van der Waals surface area contributed by atoms with E-state index < -0.39 is 0 Å². The first-order valence-electron chi connectivity index (χ1n) is 8.02. The van der Waals surface area contributed by atoms with Gasteiger partial charge in [-0.25, -0.2) is 0 Å². The largest absolute Gasteiger partial charge is 0.326 e. The zero-order valence-electron chi connectivity index (χ0n) is 14.2. The van der Waals surface area contributed by atoms with E-state index in [1.54, 1.807) is 0 Å². The molecule has 2 aromatic rings. The molecule has 0 saturated heterocycles. The summed E-state index contributed by atoms with van der Waals surface area (Å²) in [5.41, 5.74) is 4.30. The van der Waals surface area contributed by atoms with Crippen LogP contribution in [0.4, 0.5) is 5.69 Å². The molecule has 0 spiro atoms. The van der Waals surface area contributed by atoms with Crippen LogP contribution in [0.2, 0.25) is 0 Å². The van der Waals surface area contributed by atoms with E-state index in [-0.39, 0.29) is 11.8 Å². The number of hydrogen-bond donors (Lipinski definition) is 1. The van der Waals surface area contributed by atoms with Gasteiger partial charge in [-0.2, -0.15) is 0 Å². The standard InChI is InChI=1S/C20H24BrNO/c1-13(2)11-16-5-7-17(8-6-16)15(4)20(23)22-18-9-10-19(21)14(3)12-18/h5-10,12-13,15H,11H2,1-4H3,(H,22,23)/t15-/m1/s1. The van der Waals surface area contributed by atoms with Gasteiger partial charge in [-0.3, -0.25) is 4.79 Å². The fourth-order valence-electron chi connectivity index (χ4n) is 2.54. The molecule has 0 unspecified atom stereocenters. The fraction of sp³-hybridized carbons (Fsp3) is 0.350. The number of rotatable bonds is 5. The van der Waals surface area contributed by atoms with Crippen molar-refractivity contribution in [3.05, 3.63) is 63.6 Å². The lowest BCUT2D eigenvalue weighted by Gasteiger charge is -2.14. The Balaban J connectivity index is 2.05. The van der Waals surface area contributed by atoms with Crippen LogP contribution in [-0.2, 0) is 11.2 Å². The highest BCUT2D eigenvalue weighted by Crippen LogP contribution is 2.23. The van der Waals surface area contributed by atoms with Gasteiger partial charge in [0.1, 0.15) is 0 Å². The third-order valence-corrected chi connectivity index (χ3v) is 4.83. The minimum Gasteiger partial charge on any atom is -0.326 e. The van der Waals surface area contributed by atoms with Gasteiger partial charge in [0, 0.05) is 10.2 Å². The lowest BCUT2D eigenvalue weighted by atomic mass is 9.96. The third kappa shape index (κ3) is 4.93. The second-order valence-corrected chi connectivity index (χ2v) is 7.37. The molecule has 1 N–H and O–H groups in total. The number of benzene rings is 2. The van der Waals surface area contributed by atoms with Gasteiger partial charge in [-0.05, 0) is 61.1 Å². The summed E-state index contributed by atoms with van der Waals surface area (Å²) in [4.78, 5) is 12.4. The number of carbonyl (C=O) groups is 1. The summed E-state index contributed by atoms with van der Waals surface area (Å²) < 4.78 is 1.05. The van der Waals surface area contributed by atoms with Gasteiger partial charge in [0.2, 0.25) is 5.91 Å². The van der Waals surface area contributed by atoms with Crippen LogP contribution in [-0.4, -0.2) is 5.91 Å². The lowest BCUT2D eigenvalue weighted by molar-refractivity contribution is -0.117. The summed E-state index contributed by atoms with van der Waals surface area (Å²) in [6.07, 6.45) is 1.07. The van der Waals surface area contributed by atoms with Gasteiger partial charge >= 0.3 is 0 Å². The first-order valence-corrected chi connectivity index (χ1v) is 8.82. The molecule has 0 saturated carbocycles. The zero-order chi connectivity index (χ0) is 17.0. The molecule has 23 heavy (non-hydrogen) atoms. The molecule has 0 fully saturated rings. The first kappa shape index (κ1) is 17.7. The maximum absolute atomic E-state index is 12.4. The Morgan fingerprint density at radius 3 is 2.30 bits per heavy atom. The number of aryl methyl sites for hydroxylation is 1. The van der Waals surface area contributed by atoms with Crippen LogP contribution in [0.1, 0.15) is 43.4 Å². The van der Waals surface area contributed by atoms with Crippen molar-refractivity contribution < 1.29 is 4.79 Å². The minimum atomic E-state index is -0.174. The van der Waals surface area contributed by atoms with E-state index in [2.05, 4.69) is 59.4 Å². The molecular weight excluding hydrogens is 350 g/mol. The van der Waals surface area contributed by atoms with E-state index in [4.69, 9.17) is 0 Å². The molecule has 1 amide bonds. The number of carbonyl (C=O) groups excluding carboxylic acids is 1. The van der Waals surface area contributed by atoms with E-state index in [0.717, 1.165) is 27.7 Å². The molecule has 0 aliphatic heterocycles. The average molecular weight is 374 g/mol. The maximum atomic E-state index is 12.4. The van der Waals surface area contributed by atoms with Crippen molar-refractivity contribution in [3.63, 3.8) is 0 Å². The Morgan fingerprint density at radius 1 is 1.09 bits per heavy atom.